The maximum atomic E-state index is 13.5. The first-order chi connectivity index (χ1) is 9.56. The van der Waals surface area contributed by atoms with Gasteiger partial charge in [0.15, 0.2) is 0 Å². The highest BCUT2D eigenvalue weighted by Crippen LogP contribution is 2.10. The smallest absolute Gasteiger partial charge is 0.227 e. The van der Waals surface area contributed by atoms with Crippen LogP contribution in [0, 0.1) is 5.82 Å². The number of Topliss-reactive ketones (excluding diaryl/α,β-unsaturated/α-hetero) is 1. The van der Waals surface area contributed by atoms with Crippen LogP contribution in [-0.4, -0.2) is 54.2 Å². The lowest BCUT2D eigenvalue weighted by Crippen LogP contribution is -2.50. The van der Waals surface area contributed by atoms with E-state index in [4.69, 9.17) is 0 Å². The quantitative estimate of drug-likeness (QED) is 0.828. The lowest BCUT2D eigenvalue weighted by atomic mass is 10.1. The Morgan fingerprint density at radius 1 is 1.15 bits per heavy atom. The molecule has 20 heavy (non-hydrogen) atoms. The molecular formula is C15H19FN2O2. The fraction of sp³-hybridized carbons (Fsp3) is 0.467. The maximum Gasteiger partial charge on any atom is 0.227 e. The van der Waals surface area contributed by atoms with Gasteiger partial charge >= 0.3 is 0 Å². The molecule has 1 fully saturated rings. The zero-order valence-electron chi connectivity index (χ0n) is 11.6. The van der Waals surface area contributed by atoms with Crippen LogP contribution < -0.4 is 0 Å². The van der Waals surface area contributed by atoms with Crippen molar-refractivity contribution in [2.45, 2.75) is 13.3 Å². The second kappa shape index (κ2) is 6.61. The maximum absolute atomic E-state index is 13.5. The lowest BCUT2D eigenvalue weighted by molar-refractivity contribution is -0.132. The molecule has 0 spiro atoms. The van der Waals surface area contributed by atoms with Gasteiger partial charge in [-0.2, -0.15) is 0 Å². The fourth-order valence-electron chi connectivity index (χ4n) is 2.39. The summed E-state index contributed by atoms with van der Waals surface area (Å²) < 4.78 is 13.5. The van der Waals surface area contributed by atoms with E-state index in [1.54, 1.807) is 30.0 Å². The van der Waals surface area contributed by atoms with Crippen LogP contribution in [0.5, 0.6) is 0 Å². The first-order valence-electron chi connectivity index (χ1n) is 6.79. The molecule has 1 heterocycles. The molecule has 1 aromatic rings. The Hall–Kier alpha value is -1.75. The monoisotopic (exact) mass is 278 g/mol. The molecule has 1 amide bonds. The normalized spacial score (nSPS) is 16.2. The SMILES string of the molecule is CC(=O)CN1CCN(C(=O)Cc2ccccc2F)CC1. The van der Waals surface area contributed by atoms with E-state index in [0.29, 0.717) is 38.3 Å². The minimum Gasteiger partial charge on any atom is -0.340 e. The van der Waals surface area contributed by atoms with Crippen molar-refractivity contribution in [1.29, 1.82) is 0 Å². The van der Waals surface area contributed by atoms with Crippen molar-refractivity contribution in [1.82, 2.24) is 9.80 Å². The molecule has 0 aromatic heterocycles. The number of carbonyl (C=O) groups excluding carboxylic acids is 2. The van der Waals surface area contributed by atoms with Crippen LogP contribution in [0.25, 0.3) is 0 Å². The molecule has 4 nitrogen and oxygen atoms in total. The minimum atomic E-state index is -0.337. The largest absolute Gasteiger partial charge is 0.340 e. The van der Waals surface area contributed by atoms with Crippen LogP contribution in [0.4, 0.5) is 4.39 Å². The summed E-state index contributed by atoms with van der Waals surface area (Å²) >= 11 is 0. The zero-order chi connectivity index (χ0) is 14.5. The molecule has 1 saturated heterocycles. The van der Waals surface area contributed by atoms with Crippen molar-refractivity contribution >= 4 is 11.7 Å². The van der Waals surface area contributed by atoms with Crippen LogP contribution in [0.1, 0.15) is 12.5 Å². The summed E-state index contributed by atoms with van der Waals surface area (Å²) in [6.07, 6.45) is 0.0966. The highest BCUT2D eigenvalue weighted by atomic mass is 19.1. The van der Waals surface area contributed by atoms with Gasteiger partial charge in [-0.25, -0.2) is 4.39 Å². The van der Waals surface area contributed by atoms with E-state index < -0.39 is 0 Å². The van der Waals surface area contributed by atoms with E-state index in [0.717, 1.165) is 0 Å². The number of hydrogen-bond acceptors (Lipinski definition) is 3. The third kappa shape index (κ3) is 3.87. The van der Waals surface area contributed by atoms with Crippen LogP contribution >= 0.6 is 0 Å². The molecule has 0 N–H and O–H groups in total. The summed E-state index contributed by atoms with van der Waals surface area (Å²) in [6.45, 7) is 4.59. The standard InChI is InChI=1S/C15H19FN2O2/c1-12(19)11-17-6-8-18(9-7-17)15(20)10-13-4-2-3-5-14(13)16/h2-5H,6-11H2,1H3. The second-order valence-corrected chi connectivity index (χ2v) is 5.13. The molecule has 0 bridgehead atoms. The van der Waals surface area contributed by atoms with Gasteiger partial charge in [-0.05, 0) is 18.6 Å². The number of nitrogens with zero attached hydrogens (tertiary/aromatic N) is 2. The fourth-order valence-corrected chi connectivity index (χ4v) is 2.39. The number of halogens is 1. The van der Waals surface area contributed by atoms with Gasteiger partial charge in [0, 0.05) is 26.2 Å². The molecule has 108 valence electrons. The minimum absolute atomic E-state index is 0.0578. The van der Waals surface area contributed by atoms with E-state index >= 15 is 0 Å². The van der Waals surface area contributed by atoms with Gasteiger partial charge in [-0.15, -0.1) is 0 Å². The number of benzene rings is 1. The Bertz CT molecular complexity index is 496. The molecule has 0 unspecified atom stereocenters. The van der Waals surface area contributed by atoms with Crippen LogP contribution in [0.15, 0.2) is 24.3 Å². The average molecular weight is 278 g/mol. The highest BCUT2D eigenvalue weighted by molar-refractivity contribution is 5.79. The molecule has 2 rings (SSSR count). The topological polar surface area (TPSA) is 40.6 Å². The van der Waals surface area contributed by atoms with Crippen molar-refractivity contribution in [3.05, 3.63) is 35.6 Å². The predicted octanol–water partition coefficient (Wildman–Crippen LogP) is 1.10. The van der Waals surface area contributed by atoms with Gasteiger partial charge in [0.2, 0.25) is 5.91 Å². The third-order valence-electron chi connectivity index (χ3n) is 3.47. The van der Waals surface area contributed by atoms with Gasteiger partial charge in [0.1, 0.15) is 11.6 Å². The Morgan fingerprint density at radius 2 is 1.80 bits per heavy atom. The number of ketones is 1. The van der Waals surface area contributed by atoms with Gasteiger partial charge in [-0.1, -0.05) is 18.2 Å². The molecule has 5 heteroatoms. The zero-order valence-corrected chi connectivity index (χ0v) is 11.6. The van der Waals surface area contributed by atoms with E-state index in [-0.39, 0.29) is 23.9 Å². The second-order valence-electron chi connectivity index (χ2n) is 5.13. The van der Waals surface area contributed by atoms with E-state index in [1.807, 2.05) is 4.90 Å². The first kappa shape index (κ1) is 14.7. The van der Waals surface area contributed by atoms with Crippen molar-refractivity contribution < 1.29 is 14.0 Å². The summed E-state index contributed by atoms with van der Waals surface area (Å²) in [6, 6.07) is 6.35. The Morgan fingerprint density at radius 3 is 2.40 bits per heavy atom. The Balaban J connectivity index is 1.86. The van der Waals surface area contributed by atoms with Crippen molar-refractivity contribution in [3.8, 4) is 0 Å². The molecule has 1 aromatic carbocycles. The molecule has 0 saturated carbocycles. The molecule has 1 aliphatic rings. The first-order valence-corrected chi connectivity index (χ1v) is 6.79. The predicted molar refractivity (Wildman–Crippen MR) is 73.8 cm³/mol. The van der Waals surface area contributed by atoms with Gasteiger partial charge in [0.25, 0.3) is 0 Å². The van der Waals surface area contributed by atoms with Crippen molar-refractivity contribution in [2.75, 3.05) is 32.7 Å². The number of amides is 1. The van der Waals surface area contributed by atoms with E-state index in [9.17, 15) is 14.0 Å². The molecule has 1 aliphatic heterocycles. The van der Waals surface area contributed by atoms with Gasteiger partial charge < -0.3 is 4.90 Å². The summed E-state index contributed by atoms with van der Waals surface area (Å²) in [5.41, 5.74) is 0.434. The van der Waals surface area contributed by atoms with Gasteiger partial charge in [0.05, 0.1) is 13.0 Å². The summed E-state index contributed by atoms with van der Waals surface area (Å²) in [4.78, 5) is 26.9. The van der Waals surface area contributed by atoms with Crippen LogP contribution in [-0.2, 0) is 16.0 Å². The molecule has 0 atom stereocenters. The number of piperazine rings is 1. The summed E-state index contributed by atoms with van der Waals surface area (Å²) in [5, 5.41) is 0. The molecule has 0 radical (unpaired) electrons. The van der Waals surface area contributed by atoms with Crippen LogP contribution in [0.3, 0.4) is 0 Å². The third-order valence-corrected chi connectivity index (χ3v) is 3.47. The van der Waals surface area contributed by atoms with Crippen LogP contribution in [0.2, 0.25) is 0 Å². The average Bonchev–Trinajstić information content (AvgIpc) is 2.41. The summed E-state index contributed by atoms with van der Waals surface area (Å²) in [7, 11) is 0. The molecule has 0 aliphatic carbocycles. The number of hydrogen-bond donors (Lipinski definition) is 0. The number of carbonyl (C=O) groups is 2. The van der Waals surface area contributed by atoms with E-state index in [2.05, 4.69) is 0 Å². The van der Waals surface area contributed by atoms with Gasteiger partial charge in [-0.3, -0.25) is 14.5 Å². The Kier molecular flexibility index (Phi) is 4.84. The number of rotatable bonds is 4. The molecular weight excluding hydrogens is 259 g/mol. The lowest BCUT2D eigenvalue weighted by Gasteiger charge is -2.34. The van der Waals surface area contributed by atoms with Crippen molar-refractivity contribution in [3.63, 3.8) is 0 Å². The van der Waals surface area contributed by atoms with E-state index in [1.165, 1.54) is 6.07 Å². The summed E-state index contributed by atoms with van der Waals surface area (Å²) in [5.74, 6) is -0.259. The van der Waals surface area contributed by atoms with Crippen molar-refractivity contribution in [2.24, 2.45) is 0 Å². The highest BCUT2D eigenvalue weighted by Gasteiger charge is 2.22. The Labute approximate surface area is 118 Å².